The van der Waals surface area contributed by atoms with Gasteiger partial charge in [0.1, 0.15) is 0 Å². The molecule has 2 N–H and O–H groups in total. The number of benzene rings is 1. The fourth-order valence-corrected chi connectivity index (χ4v) is 3.50. The van der Waals surface area contributed by atoms with Crippen LogP contribution < -0.4 is 10.6 Å². The first kappa shape index (κ1) is 20.0. The molecule has 0 aliphatic carbocycles. The predicted octanol–water partition coefficient (Wildman–Crippen LogP) is 1.61. The first-order chi connectivity index (χ1) is 13.5. The maximum Gasteiger partial charge on any atom is 0.219 e. The molecule has 0 bridgehead atoms. The molecule has 1 aliphatic rings. The SMILES string of the molecule is CC(=O)N1CCN(c2ccc(CCc3cccc(CC(=O)CN)c3)nc2)CC1. The molecule has 1 saturated heterocycles. The Hall–Kier alpha value is -2.73. The molecule has 6 nitrogen and oxygen atoms in total. The fourth-order valence-electron chi connectivity index (χ4n) is 3.50. The number of ketones is 1. The first-order valence-electron chi connectivity index (χ1n) is 9.80. The number of aryl methyl sites for hydroxylation is 2. The van der Waals surface area contributed by atoms with Crippen molar-refractivity contribution in [1.82, 2.24) is 9.88 Å². The zero-order valence-electron chi connectivity index (χ0n) is 16.4. The molecule has 28 heavy (non-hydrogen) atoms. The third kappa shape index (κ3) is 5.39. The van der Waals surface area contributed by atoms with Gasteiger partial charge in [0.05, 0.1) is 18.4 Å². The van der Waals surface area contributed by atoms with Crippen molar-refractivity contribution in [3.05, 3.63) is 59.4 Å². The second kappa shape index (κ2) is 9.46. The molecule has 2 heterocycles. The molecular formula is C22H28N4O2. The number of piperazine rings is 1. The molecule has 6 heteroatoms. The maximum absolute atomic E-state index is 11.5. The van der Waals surface area contributed by atoms with Crippen LogP contribution in [0.2, 0.25) is 0 Å². The van der Waals surface area contributed by atoms with Crippen molar-refractivity contribution in [2.45, 2.75) is 26.2 Å². The molecule has 1 fully saturated rings. The van der Waals surface area contributed by atoms with E-state index in [2.05, 4.69) is 34.1 Å². The fraction of sp³-hybridized carbons (Fsp3) is 0.409. The van der Waals surface area contributed by atoms with Gasteiger partial charge < -0.3 is 15.5 Å². The molecule has 1 aliphatic heterocycles. The van der Waals surface area contributed by atoms with Gasteiger partial charge in [0, 0.05) is 45.2 Å². The Morgan fingerprint density at radius 3 is 2.43 bits per heavy atom. The van der Waals surface area contributed by atoms with E-state index >= 15 is 0 Å². The highest BCUT2D eigenvalue weighted by Gasteiger charge is 2.18. The van der Waals surface area contributed by atoms with Crippen LogP contribution in [0.4, 0.5) is 5.69 Å². The lowest BCUT2D eigenvalue weighted by Gasteiger charge is -2.35. The van der Waals surface area contributed by atoms with Crippen molar-refractivity contribution < 1.29 is 9.59 Å². The molecule has 1 amide bonds. The van der Waals surface area contributed by atoms with E-state index in [9.17, 15) is 9.59 Å². The minimum absolute atomic E-state index is 0.0542. The Morgan fingerprint density at radius 2 is 1.79 bits per heavy atom. The summed E-state index contributed by atoms with van der Waals surface area (Å²) >= 11 is 0. The van der Waals surface area contributed by atoms with Gasteiger partial charge in [-0.15, -0.1) is 0 Å². The average Bonchev–Trinajstić information content (AvgIpc) is 2.73. The monoisotopic (exact) mass is 380 g/mol. The summed E-state index contributed by atoms with van der Waals surface area (Å²) in [6, 6.07) is 12.3. The van der Waals surface area contributed by atoms with Crippen LogP contribution in [-0.4, -0.2) is 54.3 Å². The number of hydrogen-bond acceptors (Lipinski definition) is 5. The Morgan fingerprint density at radius 1 is 1.04 bits per heavy atom. The summed E-state index contributed by atoms with van der Waals surface area (Å²) in [4.78, 5) is 31.7. The number of hydrogen-bond donors (Lipinski definition) is 1. The largest absolute Gasteiger partial charge is 0.367 e. The summed E-state index contributed by atoms with van der Waals surface area (Å²) < 4.78 is 0. The van der Waals surface area contributed by atoms with E-state index in [-0.39, 0.29) is 18.2 Å². The number of aromatic nitrogens is 1. The van der Waals surface area contributed by atoms with Crippen molar-refractivity contribution >= 4 is 17.4 Å². The Kier molecular flexibility index (Phi) is 6.76. The van der Waals surface area contributed by atoms with Crippen molar-refractivity contribution in [1.29, 1.82) is 0 Å². The van der Waals surface area contributed by atoms with Gasteiger partial charge in [-0.2, -0.15) is 0 Å². The minimum Gasteiger partial charge on any atom is -0.367 e. The highest BCUT2D eigenvalue weighted by molar-refractivity contribution is 5.82. The standard InChI is InChI=1S/C22H28N4O2/c1-17(27)25-9-11-26(12-10-25)21-8-7-20(24-16-21)6-5-18-3-2-4-19(13-18)14-22(28)15-23/h2-4,7-8,13,16H,5-6,9-12,14-15,23H2,1H3. The van der Waals surface area contributed by atoms with E-state index in [0.29, 0.717) is 6.42 Å². The van der Waals surface area contributed by atoms with Crippen LogP contribution in [-0.2, 0) is 28.9 Å². The molecule has 1 aromatic heterocycles. The maximum atomic E-state index is 11.5. The number of rotatable bonds is 7. The molecule has 0 spiro atoms. The Balaban J connectivity index is 1.53. The lowest BCUT2D eigenvalue weighted by atomic mass is 10.0. The normalized spacial score (nSPS) is 14.2. The summed E-state index contributed by atoms with van der Waals surface area (Å²) in [6.07, 6.45) is 4.06. The van der Waals surface area contributed by atoms with E-state index in [1.54, 1.807) is 6.92 Å². The molecule has 148 valence electrons. The quantitative estimate of drug-likeness (QED) is 0.789. The molecule has 0 radical (unpaired) electrons. The zero-order valence-corrected chi connectivity index (χ0v) is 16.4. The third-order valence-corrected chi connectivity index (χ3v) is 5.19. The van der Waals surface area contributed by atoms with Gasteiger partial charge in [0.15, 0.2) is 5.78 Å². The van der Waals surface area contributed by atoms with Crippen LogP contribution in [0.3, 0.4) is 0 Å². The van der Waals surface area contributed by atoms with Gasteiger partial charge in [-0.25, -0.2) is 0 Å². The van der Waals surface area contributed by atoms with Gasteiger partial charge in [-0.3, -0.25) is 14.6 Å². The van der Waals surface area contributed by atoms with Crippen LogP contribution >= 0.6 is 0 Å². The molecular weight excluding hydrogens is 352 g/mol. The number of amides is 1. The highest BCUT2D eigenvalue weighted by Crippen LogP contribution is 2.17. The van der Waals surface area contributed by atoms with Crippen LogP contribution in [0.1, 0.15) is 23.7 Å². The van der Waals surface area contributed by atoms with Crippen LogP contribution in [0.5, 0.6) is 0 Å². The second-order valence-electron chi connectivity index (χ2n) is 7.24. The van der Waals surface area contributed by atoms with Crippen LogP contribution in [0.25, 0.3) is 0 Å². The molecule has 0 unspecified atom stereocenters. The van der Waals surface area contributed by atoms with Crippen LogP contribution in [0, 0.1) is 0 Å². The summed E-state index contributed by atoms with van der Waals surface area (Å²) in [5, 5.41) is 0. The predicted molar refractivity (Wildman–Crippen MR) is 110 cm³/mol. The van der Waals surface area contributed by atoms with Gasteiger partial charge >= 0.3 is 0 Å². The summed E-state index contributed by atoms with van der Waals surface area (Å²) in [5.41, 5.74) is 9.77. The van der Waals surface area contributed by atoms with Gasteiger partial charge in [0.25, 0.3) is 0 Å². The van der Waals surface area contributed by atoms with Gasteiger partial charge in [-0.1, -0.05) is 24.3 Å². The smallest absolute Gasteiger partial charge is 0.219 e. The minimum atomic E-state index is 0.0542. The van der Waals surface area contributed by atoms with E-state index in [4.69, 9.17) is 5.73 Å². The average molecular weight is 380 g/mol. The second-order valence-corrected chi connectivity index (χ2v) is 7.24. The zero-order chi connectivity index (χ0) is 19.9. The molecule has 0 atom stereocenters. The van der Waals surface area contributed by atoms with E-state index in [0.717, 1.165) is 56.0 Å². The number of anilines is 1. The first-order valence-corrected chi connectivity index (χ1v) is 9.80. The number of nitrogens with zero attached hydrogens (tertiary/aromatic N) is 3. The number of nitrogens with two attached hydrogens (primary N) is 1. The van der Waals surface area contributed by atoms with Crippen molar-refractivity contribution in [3.63, 3.8) is 0 Å². The molecule has 3 rings (SSSR count). The highest BCUT2D eigenvalue weighted by atomic mass is 16.2. The lowest BCUT2D eigenvalue weighted by molar-refractivity contribution is -0.129. The number of Topliss-reactive ketones (excluding diaryl/α,β-unsaturated/α-hetero) is 1. The Bertz CT molecular complexity index is 812. The lowest BCUT2D eigenvalue weighted by Crippen LogP contribution is -2.48. The van der Waals surface area contributed by atoms with Crippen molar-refractivity contribution in [3.8, 4) is 0 Å². The van der Waals surface area contributed by atoms with Crippen molar-refractivity contribution in [2.24, 2.45) is 5.73 Å². The van der Waals surface area contributed by atoms with E-state index in [1.165, 1.54) is 5.56 Å². The van der Waals surface area contributed by atoms with Crippen molar-refractivity contribution in [2.75, 3.05) is 37.6 Å². The summed E-state index contributed by atoms with van der Waals surface area (Å²) in [6.45, 7) is 4.92. The molecule has 1 aromatic carbocycles. The topological polar surface area (TPSA) is 79.5 Å². The van der Waals surface area contributed by atoms with Gasteiger partial charge in [-0.05, 0) is 36.1 Å². The van der Waals surface area contributed by atoms with Gasteiger partial charge in [0.2, 0.25) is 5.91 Å². The third-order valence-electron chi connectivity index (χ3n) is 5.19. The summed E-state index contributed by atoms with van der Waals surface area (Å²) in [7, 11) is 0. The Labute approximate surface area is 166 Å². The molecule has 2 aromatic rings. The summed E-state index contributed by atoms with van der Waals surface area (Å²) in [5.74, 6) is 0.197. The number of carbonyl (C=O) groups excluding carboxylic acids is 2. The number of carbonyl (C=O) groups is 2. The molecule has 0 saturated carbocycles. The van der Waals surface area contributed by atoms with Crippen LogP contribution in [0.15, 0.2) is 42.6 Å². The van der Waals surface area contributed by atoms with E-state index in [1.807, 2.05) is 23.2 Å². The van der Waals surface area contributed by atoms with E-state index < -0.39 is 0 Å². The number of pyridine rings is 1.